The SMILES string of the molecule is CCOc1cccc2sc(N(CCN(C)C)C(=O)CS(=O)(=O)c3ccc(F)cc3)nc12. The van der Waals surface area contributed by atoms with E-state index in [4.69, 9.17) is 4.74 Å². The normalized spacial score (nSPS) is 11.8. The molecule has 31 heavy (non-hydrogen) atoms. The zero-order valence-corrected chi connectivity index (χ0v) is 19.2. The zero-order chi connectivity index (χ0) is 22.6. The second kappa shape index (κ2) is 9.71. The molecule has 0 N–H and O–H groups in total. The molecule has 0 radical (unpaired) electrons. The lowest BCUT2D eigenvalue weighted by atomic mass is 10.3. The van der Waals surface area contributed by atoms with Crippen LogP contribution in [0.25, 0.3) is 10.2 Å². The number of anilines is 1. The van der Waals surface area contributed by atoms with E-state index in [1.165, 1.54) is 16.2 Å². The summed E-state index contributed by atoms with van der Waals surface area (Å²) < 4.78 is 45.1. The Bertz CT molecular complexity index is 1160. The van der Waals surface area contributed by atoms with Crippen molar-refractivity contribution >= 4 is 42.4 Å². The van der Waals surface area contributed by atoms with Crippen LogP contribution in [-0.2, 0) is 14.6 Å². The van der Waals surface area contributed by atoms with Crippen LogP contribution in [0.3, 0.4) is 0 Å². The quantitative estimate of drug-likeness (QED) is 0.452. The minimum absolute atomic E-state index is 0.0993. The number of benzene rings is 2. The van der Waals surface area contributed by atoms with Gasteiger partial charge in [0, 0.05) is 13.1 Å². The third kappa shape index (κ3) is 5.57. The fourth-order valence-electron chi connectivity index (χ4n) is 2.89. The predicted octanol–water partition coefficient (Wildman–Crippen LogP) is 3.20. The highest BCUT2D eigenvalue weighted by Gasteiger charge is 2.27. The average molecular weight is 466 g/mol. The predicted molar refractivity (Wildman–Crippen MR) is 120 cm³/mol. The maximum absolute atomic E-state index is 13.2. The van der Waals surface area contributed by atoms with Crippen LogP contribution in [0.5, 0.6) is 5.75 Å². The first-order valence-corrected chi connectivity index (χ1v) is 12.1. The highest BCUT2D eigenvalue weighted by molar-refractivity contribution is 7.92. The van der Waals surface area contributed by atoms with E-state index in [1.807, 2.05) is 38.1 Å². The maximum Gasteiger partial charge on any atom is 0.244 e. The molecule has 7 nitrogen and oxygen atoms in total. The summed E-state index contributed by atoms with van der Waals surface area (Å²) in [6, 6.07) is 9.97. The summed E-state index contributed by atoms with van der Waals surface area (Å²) >= 11 is 1.30. The Labute approximate surface area is 185 Å². The average Bonchev–Trinajstić information content (AvgIpc) is 3.13. The minimum Gasteiger partial charge on any atom is -0.492 e. The molecule has 1 heterocycles. The van der Waals surface area contributed by atoms with Gasteiger partial charge in [-0.3, -0.25) is 9.69 Å². The third-order valence-electron chi connectivity index (χ3n) is 4.46. The summed E-state index contributed by atoms with van der Waals surface area (Å²) in [7, 11) is -0.205. The van der Waals surface area contributed by atoms with Crippen LogP contribution in [0.2, 0.25) is 0 Å². The number of hydrogen-bond acceptors (Lipinski definition) is 7. The summed E-state index contributed by atoms with van der Waals surface area (Å²) in [5.41, 5.74) is 0.633. The molecule has 0 bridgehead atoms. The van der Waals surface area contributed by atoms with E-state index in [0.29, 0.717) is 29.5 Å². The second-order valence-corrected chi connectivity index (χ2v) is 10.1. The molecule has 0 saturated heterocycles. The van der Waals surface area contributed by atoms with Crippen molar-refractivity contribution in [3.05, 3.63) is 48.3 Å². The second-order valence-electron chi connectivity index (χ2n) is 7.09. The van der Waals surface area contributed by atoms with Crippen molar-refractivity contribution in [3.8, 4) is 5.75 Å². The van der Waals surface area contributed by atoms with E-state index in [9.17, 15) is 17.6 Å². The topological polar surface area (TPSA) is 79.8 Å². The van der Waals surface area contributed by atoms with Gasteiger partial charge in [-0.1, -0.05) is 17.4 Å². The Hall–Kier alpha value is -2.56. The molecule has 2 aromatic carbocycles. The number of thiazole rings is 1. The summed E-state index contributed by atoms with van der Waals surface area (Å²) in [5.74, 6) is -1.26. The Kier molecular flexibility index (Phi) is 7.24. The Morgan fingerprint density at radius 3 is 2.48 bits per heavy atom. The fraction of sp³-hybridized carbons (Fsp3) is 0.333. The molecule has 0 aliphatic heterocycles. The maximum atomic E-state index is 13.2. The molecule has 1 aromatic heterocycles. The van der Waals surface area contributed by atoms with Crippen molar-refractivity contribution in [3.63, 3.8) is 0 Å². The van der Waals surface area contributed by atoms with Crippen molar-refractivity contribution in [1.82, 2.24) is 9.88 Å². The Morgan fingerprint density at radius 2 is 1.84 bits per heavy atom. The molecule has 0 saturated carbocycles. The number of amides is 1. The van der Waals surface area contributed by atoms with E-state index in [0.717, 1.165) is 29.0 Å². The summed E-state index contributed by atoms with van der Waals surface area (Å²) in [6.45, 7) is 3.15. The first kappa shape index (κ1) is 23.1. The van der Waals surface area contributed by atoms with Crippen LogP contribution in [0, 0.1) is 5.82 Å². The lowest BCUT2D eigenvalue weighted by Crippen LogP contribution is -2.40. The minimum atomic E-state index is -3.93. The van der Waals surface area contributed by atoms with E-state index >= 15 is 0 Å². The number of carbonyl (C=O) groups excluding carboxylic acids is 1. The Balaban J connectivity index is 1.93. The van der Waals surface area contributed by atoms with Gasteiger partial charge in [0.2, 0.25) is 5.91 Å². The van der Waals surface area contributed by atoms with Gasteiger partial charge in [0.05, 0.1) is 16.2 Å². The molecular formula is C21H24FN3O4S2. The first-order valence-electron chi connectivity index (χ1n) is 9.67. The zero-order valence-electron chi connectivity index (χ0n) is 17.5. The van der Waals surface area contributed by atoms with Crippen LogP contribution < -0.4 is 9.64 Å². The van der Waals surface area contributed by atoms with Crippen LogP contribution in [0.15, 0.2) is 47.4 Å². The molecule has 0 aliphatic carbocycles. The number of ether oxygens (including phenoxy) is 1. The van der Waals surface area contributed by atoms with Gasteiger partial charge < -0.3 is 9.64 Å². The number of rotatable bonds is 9. The van der Waals surface area contributed by atoms with Crippen LogP contribution >= 0.6 is 11.3 Å². The van der Waals surface area contributed by atoms with Crippen molar-refractivity contribution in [2.75, 3.05) is 44.4 Å². The van der Waals surface area contributed by atoms with Crippen molar-refractivity contribution in [1.29, 1.82) is 0 Å². The number of carbonyl (C=O) groups is 1. The first-order chi connectivity index (χ1) is 14.7. The third-order valence-corrected chi connectivity index (χ3v) is 7.12. The number of likely N-dealkylation sites (N-methyl/N-ethyl adjacent to an activating group) is 1. The van der Waals surface area contributed by atoms with E-state index in [-0.39, 0.29) is 11.4 Å². The monoisotopic (exact) mass is 465 g/mol. The summed E-state index contributed by atoms with van der Waals surface area (Å²) in [5, 5.41) is 0.406. The number of nitrogens with zero attached hydrogens (tertiary/aromatic N) is 3. The van der Waals surface area contributed by atoms with Crippen molar-refractivity contribution in [2.45, 2.75) is 11.8 Å². The fourth-order valence-corrected chi connectivity index (χ4v) is 5.12. The highest BCUT2D eigenvalue weighted by atomic mass is 32.2. The summed E-state index contributed by atoms with van der Waals surface area (Å²) in [6.07, 6.45) is 0. The molecule has 0 unspecified atom stereocenters. The molecule has 0 aliphatic rings. The lowest BCUT2D eigenvalue weighted by molar-refractivity contribution is -0.116. The molecular weight excluding hydrogens is 441 g/mol. The number of aromatic nitrogens is 1. The molecule has 3 rings (SSSR count). The molecule has 3 aromatic rings. The molecule has 1 amide bonds. The van der Waals surface area contributed by atoms with Crippen molar-refractivity contribution < 1.29 is 22.3 Å². The highest BCUT2D eigenvalue weighted by Crippen LogP contribution is 2.34. The Morgan fingerprint density at radius 1 is 1.13 bits per heavy atom. The smallest absolute Gasteiger partial charge is 0.244 e. The lowest BCUT2D eigenvalue weighted by Gasteiger charge is -2.22. The van der Waals surface area contributed by atoms with E-state index < -0.39 is 27.3 Å². The van der Waals surface area contributed by atoms with Crippen LogP contribution in [0.4, 0.5) is 9.52 Å². The molecule has 0 fully saturated rings. The number of para-hydroxylation sites is 1. The number of hydrogen-bond donors (Lipinski definition) is 0. The largest absolute Gasteiger partial charge is 0.492 e. The molecule has 166 valence electrons. The van der Waals surface area contributed by atoms with E-state index in [1.54, 1.807) is 6.07 Å². The van der Waals surface area contributed by atoms with Gasteiger partial charge in [0.15, 0.2) is 15.0 Å². The molecule has 10 heteroatoms. The van der Waals surface area contributed by atoms with Crippen LogP contribution in [0.1, 0.15) is 6.92 Å². The number of halogens is 1. The van der Waals surface area contributed by atoms with Gasteiger partial charge in [-0.05, 0) is 57.4 Å². The van der Waals surface area contributed by atoms with Gasteiger partial charge in [0.1, 0.15) is 22.8 Å². The summed E-state index contributed by atoms with van der Waals surface area (Å²) in [4.78, 5) is 20.9. The molecule has 0 atom stereocenters. The van der Waals surface area contributed by atoms with Gasteiger partial charge in [-0.2, -0.15) is 0 Å². The van der Waals surface area contributed by atoms with Gasteiger partial charge in [-0.25, -0.2) is 17.8 Å². The number of sulfone groups is 1. The van der Waals surface area contributed by atoms with Crippen molar-refractivity contribution in [2.24, 2.45) is 0 Å². The van der Waals surface area contributed by atoms with Gasteiger partial charge >= 0.3 is 0 Å². The van der Waals surface area contributed by atoms with E-state index in [2.05, 4.69) is 4.98 Å². The molecule has 0 spiro atoms. The standard InChI is InChI=1S/C21H24FN3O4S2/c1-4-29-17-6-5-7-18-20(17)23-21(30-18)25(13-12-24(2)3)19(26)14-31(27,28)16-10-8-15(22)9-11-16/h5-11H,4,12-14H2,1-3H3. The van der Waals surface area contributed by atoms with Crippen LogP contribution in [-0.4, -0.2) is 63.8 Å². The van der Waals surface area contributed by atoms with Gasteiger partial charge in [-0.15, -0.1) is 0 Å². The number of fused-ring (bicyclic) bond motifs is 1. The van der Waals surface area contributed by atoms with Gasteiger partial charge in [0.25, 0.3) is 0 Å².